The zero-order valence-corrected chi connectivity index (χ0v) is 17.6. The van der Waals surface area contributed by atoms with Crippen LogP contribution in [0, 0.1) is 0 Å². The molecule has 0 unspecified atom stereocenters. The van der Waals surface area contributed by atoms with Gasteiger partial charge < -0.3 is 9.73 Å². The summed E-state index contributed by atoms with van der Waals surface area (Å²) in [5.74, 6) is 0.0852. The van der Waals surface area contributed by atoms with E-state index in [4.69, 9.17) is 27.6 Å². The number of carbonyl (C=O) groups excluding carboxylic acids is 1. The molecule has 3 aromatic carbocycles. The van der Waals surface area contributed by atoms with Crippen LogP contribution in [0.4, 0.5) is 5.69 Å². The first-order chi connectivity index (χ1) is 13.5. The Morgan fingerprint density at radius 1 is 1.00 bits per heavy atom. The largest absolute Gasteiger partial charge is 0.450 e. The second kappa shape index (κ2) is 8.00. The van der Waals surface area contributed by atoms with Crippen LogP contribution in [-0.2, 0) is 6.54 Å². The number of benzene rings is 3. The molecule has 0 aliphatic heterocycles. The number of furan rings is 1. The number of hydrogen-bond donors (Lipinski definition) is 1. The highest BCUT2D eigenvalue weighted by Crippen LogP contribution is 2.33. The fourth-order valence-corrected chi connectivity index (χ4v) is 3.70. The fraction of sp³-hybridized carbons (Fsp3) is 0.0455. The standard InChI is InChI=1S/C22H14BrCl2NO2/c23-15-8-5-13(6-9-15)21(27)22-20(17-3-1-2-4-19(17)28-22)26-12-14-7-10-16(24)11-18(14)25/h1-11,26H,12H2. The first-order valence-corrected chi connectivity index (χ1v) is 10.1. The Kier molecular flexibility index (Phi) is 5.44. The predicted molar refractivity (Wildman–Crippen MR) is 118 cm³/mol. The molecule has 0 bridgehead atoms. The van der Waals surface area contributed by atoms with Crippen molar-refractivity contribution in [3.8, 4) is 0 Å². The number of nitrogens with one attached hydrogen (secondary N) is 1. The lowest BCUT2D eigenvalue weighted by atomic mass is 10.1. The van der Waals surface area contributed by atoms with E-state index in [9.17, 15) is 4.79 Å². The number of hydrogen-bond acceptors (Lipinski definition) is 3. The minimum Gasteiger partial charge on any atom is -0.450 e. The van der Waals surface area contributed by atoms with Crippen molar-refractivity contribution in [3.63, 3.8) is 0 Å². The molecule has 4 aromatic rings. The normalized spacial score (nSPS) is 11.0. The fourth-order valence-electron chi connectivity index (χ4n) is 2.96. The highest BCUT2D eigenvalue weighted by Gasteiger charge is 2.22. The van der Waals surface area contributed by atoms with E-state index in [-0.39, 0.29) is 11.5 Å². The molecule has 0 amide bonds. The molecule has 1 aromatic heterocycles. The van der Waals surface area contributed by atoms with Gasteiger partial charge in [0.05, 0.1) is 5.69 Å². The van der Waals surface area contributed by atoms with Crippen LogP contribution in [0.2, 0.25) is 10.0 Å². The summed E-state index contributed by atoms with van der Waals surface area (Å²) < 4.78 is 6.81. The van der Waals surface area contributed by atoms with Gasteiger partial charge in [0, 0.05) is 32.0 Å². The predicted octanol–water partition coefficient (Wildman–Crippen LogP) is 7.35. The number of anilines is 1. The van der Waals surface area contributed by atoms with Crippen LogP contribution in [0.5, 0.6) is 0 Å². The SMILES string of the molecule is O=C(c1ccc(Br)cc1)c1oc2ccccc2c1NCc1ccc(Cl)cc1Cl. The molecule has 4 rings (SSSR count). The summed E-state index contributed by atoms with van der Waals surface area (Å²) in [6.07, 6.45) is 0. The lowest BCUT2D eigenvalue weighted by Gasteiger charge is -2.09. The van der Waals surface area contributed by atoms with Gasteiger partial charge in [0.15, 0.2) is 5.76 Å². The van der Waals surface area contributed by atoms with Crippen LogP contribution in [-0.4, -0.2) is 5.78 Å². The van der Waals surface area contributed by atoms with E-state index in [0.29, 0.717) is 33.4 Å². The van der Waals surface area contributed by atoms with E-state index in [2.05, 4.69) is 21.2 Å². The Labute approximate surface area is 180 Å². The quantitative estimate of drug-likeness (QED) is 0.307. The van der Waals surface area contributed by atoms with Crippen molar-refractivity contribution in [3.05, 3.63) is 98.1 Å². The topological polar surface area (TPSA) is 42.2 Å². The van der Waals surface area contributed by atoms with Gasteiger partial charge in [-0.25, -0.2) is 0 Å². The molecule has 0 aliphatic carbocycles. The summed E-state index contributed by atoms with van der Waals surface area (Å²) in [5, 5.41) is 5.31. The highest BCUT2D eigenvalue weighted by atomic mass is 79.9. The molecule has 0 atom stereocenters. The van der Waals surface area contributed by atoms with E-state index in [1.807, 2.05) is 42.5 Å². The summed E-state index contributed by atoms with van der Waals surface area (Å²) >= 11 is 15.6. The van der Waals surface area contributed by atoms with Crippen LogP contribution in [0.3, 0.4) is 0 Å². The van der Waals surface area contributed by atoms with E-state index < -0.39 is 0 Å². The van der Waals surface area contributed by atoms with Crippen molar-refractivity contribution in [2.45, 2.75) is 6.54 Å². The van der Waals surface area contributed by atoms with Crippen LogP contribution < -0.4 is 5.32 Å². The number of halogens is 3. The lowest BCUT2D eigenvalue weighted by Crippen LogP contribution is -2.06. The Bertz CT molecular complexity index is 1170. The summed E-state index contributed by atoms with van der Waals surface area (Å²) in [6, 6.07) is 20.1. The number of rotatable bonds is 5. The average molecular weight is 475 g/mol. The lowest BCUT2D eigenvalue weighted by molar-refractivity contribution is 0.101. The zero-order valence-electron chi connectivity index (χ0n) is 14.5. The van der Waals surface area contributed by atoms with Gasteiger partial charge >= 0.3 is 0 Å². The van der Waals surface area contributed by atoms with Crippen molar-refractivity contribution in [1.29, 1.82) is 0 Å². The van der Waals surface area contributed by atoms with Gasteiger partial charge in [0.1, 0.15) is 5.58 Å². The van der Waals surface area contributed by atoms with Gasteiger partial charge in [-0.1, -0.05) is 57.3 Å². The number of carbonyl (C=O) groups is 1. The van der Waals surface area contributed by atoms with Crippen molar-refractivity contribution in [2.75, 3.05) is 5.32 Å². The summed E-state index contributed by atoms with van der Waals surface area (Å²) in [6.45, 7) is 0.431. The molecular weight excluding hydrogens is 461 g/mol. The minimum absolute atomic E-state index is 0.187. The Balaban J connectivity index is 1.72. The van der Waals surface area contributed by atoms with Crippen molar-refractivity contribution >= 4 is 61.6 Å². The first-order valence-electron chi connectivity index (χ1n) is 8.52. The van der Waals surface area contributed by atoms with Gasteiger partial charge in [-0.3, -0.25) is 4.79 Å². The van der Waals surface area contributed by atoms with E-state index in [0.717, 1.165) is 15.4 Å². The van der Waals surface area contributed by atoms with Crippen LogP contribution in [0.15, 0.2) is 75.6 Å². The average Bonchev–Trinajstić information content (AvgIpc) is 3.06. The minimum atomic E-state index is -0.187. The maximum atomic E-state index is 13.1. The van der Waals surface area contributed by atoms with Crippen LogP contribution in [0.1, 0.15) is 21.7 Å². The molecule has 3 nitrogen and oxygen atoms in total. The number of fused-ring (bicyclic) bond motifs is 1. The van der Waals surface area contributed by atoms with Crippen LogP contribution >= 0.6 is 39.1 Å². The molecule has 6 heteroatoms. The van der Waals surface area contributed by atoms with Crippen molar-refractivity contribution < 1.29 is 9.21 Å². The maximum Gasteiger partial charge on any atom is 0.230 e. The summed E-state index contributed by atoms with van der Waals surface area (Å²) in [7, 11) is 0. The molecule has 140 valence electrons. The smallest absolute Gasteiger partial charge is 0.230 e. The molecule has 28 heavy (non-hydrogen) atoms. The number of ketones is 1. The Morgan fingerprint density at radius 3 is 2.50 bits per heavy atom. The third-order valence-electron chi connectivity index (χ3n) is 4.38. The third-order valence-corrected chi connectivity index (χ3v) is 5.49. The first kappa shape index (κ1) is 19.1. The molecule has 0 fully saturated rings. The molecule has 0 aliphatic rings. The van der Waals surface area contributed by atoms with Gasteiger partial charge in [-0.2, -0.15) is 0 Å². The second-order valence-corrected chi connectivity index (χ2v) is 7.99. The van der Waals surface area contributed by atoms with Gasteiger partial charge in [-0.05, 0) is 54.1 Å². The van der Waals surface area contributed by atoms with Crippen molar-refractivity contribution in [2.24, 2.45) is 0 Å². The van der Waals surface area contributed by atoms with E-state index in [1.165, 1.54) is 0 Å². The van der Waals surface area contributed by atoms with Gasteiger partial charge in [-0.15, -0.1) is 0 Å². The molecular formula is C22H14BrCl2NO2. The van der Waals surface area contributed by atoms with Gasteiger partial charge in [0.2, 0.25) is 5.78 Å². The van der Waals surface area contributed by atoms with Crippen molar-refractivity contribution in [1.82, 2.24) is 0 Å². The van der Waals surface area contributed by atoms with E-state index >= 15 is 0 Å². The van der Waals surface area contributed by atoms with Crippen LogP contribution in [0.25, 0.3) is 11.0 Å². The second-order valence-electron chi connectivity index (χ2n) is 6.23. The molecule has 0 radical (unpaired) electrons. The molecule has 0 saturated heterocycles. The maximum absolute atomic E-state index is 13.1. The summed E-state index contributed by atoms with van der Waals surface area (Å²) in [4.78, 5) is 13.1. The Morgan fingerprint density at radius 2 is 1.75 bits per heavy atom. The molecule has 1 heterocycles. The zero-order chi connectivity index (χ0) is 19.7. The van der Waals surface area contributed by atoms with Gasteiger partial charge in [0.25, 0.3) is 0 Å². The monoisotopic (exact) mass is 473 g/mol. The molecule has 0 spiro atoms. The third kappa shape index (κ3) is 3.81. The summed E-state index contributed by atoms with van der Waals surface area (Å²) in [5.41, 5.74) is 2.72. The number of para-hydroxylation sites is 1. The van der Waals surface area contributed by atoms with E-state index in [1.54, 1.807) is 24.3 Å². The molecule has 1 N–H and O–H groups in total. The molecule has 0 saturated carbocycles. The Hall–Kier alpha value is -2.27. The highest BCUT2D eigenvalue weighted by molar-refractivity contribution is 9.10.